The van der Waals surface area contributed by atoms with Crippen molar-refractivity contribution in [1.29, 1.82) is 0 Å². The second-order valence-corrected chi connectivity index (χ2v) is 6.07. The zero-order valence-electron chi connectivity index (χ0n) is 14.9. The van der Waals surface area contributed by atoms with Gasteiger partial charge in [-0.1, -0.05) is 0 Å². The van der Waals surface area contributed by atoms with Crippen molar-refractivity contribution in [3.05, 3.63) is 72.8 Å². The maximum atomic E-state index is 6.01. The summed E-state index contributed by atoms with van der Waals surface area (Å²) in [7, 11) is 0. The van der Waals surface area contributed by atoms with E-state index in [1.54, 1.807) is 36.4 Å². The average molecular weight is 365 g/mol. The van der Waals surface area contributed by atoms with Crippen molar-refractivity contribution in [1.82, 2.24) is 0 Å². The van der Waals surface area contributed by atoms with Crippen molar-refractivity contribution in [2.45, 2.75) is 6.10 Å². The molecule has 0 atom stereocenters. The van der Waals surface area contributed by atoms with Gasteiger partial charge in [0.25, 0.3) is 0 Å². The molecule has 0 heterocycles. The van der Waals surface area contributed by atoms with Gasteiger partial charge in [-0.05, 0) is 72.8 Å². The van der Waals surface area contributed by atoms with Gasteiger partial charge >= 0.3 is 0 Å². The molecule has 0 amide bonds. The first-order valence-electron chi connectivity index (χ1n) is 8.57. The minimum atomic E-state index is -0.330. The SMILES string of the molecule is Nc1ccc(OCC(COc2ccc(N)cc2)Oc2ccc(N)cc2)cc1. The number of benzene rings is 3. The molecule has 6 N–H and O–H groups in total. The molecule has 6 heteroatoms. The van der Waals surface area contributed by atoms with Crippen molar-refractivity contribution in [3.63, 3.8) is 0 Å². The van der Waals surface area contributed by atoms with Crippen LogP contribution in [-0.2, 0) is 0 Å². The molecule has 0 aromatic heterocycles. The second-order valence-electron chi connectivity index (χ2n) is 6.07. The molecule has 0 unspecified atom stereocenters. The Morgan fingerprint density at radius 2 is 0.852 bits per heavy atom. The molecule has 6 nitrogen and oxygen atoms in total. The zero-order valence-corrected chi connectivity index (χ0v) is 14.9. The lowest BCUT2D eigenvalue weighted by atomic mass is 10.3. The van der Waals surface area contributed by atoms with Crippen LogP contribution in [0.3, 0.4) is 0 Å². The number of hydrogen-bond acceptors (Lipinski definition) is 6. The largest absolute Gasteiger partial charge is 0.490 e. The highest BCUT2D eigenvalue weighted by molar-refractivity contribution is 5.43. The minimum absolute atomic E-state index is 0.309. The van der Waals surface area contributed by atoms with Crippen LogP contribution in [0.4, 0.5) is 17.1 Å². The van der Waals surface area contributed by atoms with Gasteiger partial charge in [0.1, 0.15) is 30.5 Å². The normalized spacial score (nSPS) is 10.6. The van der Waals surface area contributed by atoms with E-state index in [9.17, 15) is 0 Å². The maximum absolute atomic E-state index is 6.01. The Bertz CT molecular complexity index is 785. The number of anilines is 3. The van der Waals surface area contributed by atoms with Crippen molar-refractivity contribution < 1.29 is 14.2 Å². The number of hydrogen-bond donors (Lipinski definition) is 3. The standard InChI is InChI=1S/C21H23N3O3/c22-15-1-7-18(8-2-15)25-13-21(27-20-11-5-17(24)6-12-20)14-26-19-9-3-16(23)4-10-19/h1-12,21H,13-14,22-24H2. The molecule has 140 valence electrons. The molecule has 0 saturated heterocycles. The summed E-state index contributed by atoms with van der Waals surface area (Å²) in [6.45, 7) is 0.618. The first-order chi connectivity index (χ1) is 13.1. The van der Waals surface area contributed by atoms with Crippen LogP contribution in [0.1, 0.15) is 0 Å². The number of rotatable bonds is 8. The van der Waals surface area contributed by atoms with Crippen LogP contribution in [0.25, 0.3) is 0 Å². The van der Waals surface area contributed by atoms with Gasteiger partial charge in [-0.2, -0.15) is 0 Å². The third-order valence-electron chi connectivity index (χ3n) is 3.81. The Morgan fingerprint density at radius 1 is 0.519 bits per heavy atom. The lowest BCUT2D eigenvalue weighted by Crippen LogP contribution is -2.31. The van der Waals surface area contributed by atoms with E-state index < -0.39 is 0 Å². The summed E-state index contributed by atoms with van der Waals surface area (Å²) in [6.07, 6.45) is -0.330. The van der Waals surface area contributed by atoms with Crippen LogP contribution in [0.15, 0.2) is 72.8 Å². The highest BCUT2D eigenvalue weighted by atomic mass is 16.6. The Labute approximate surface area is 158 Å². The zero-order chi connectivity index (χ0) is 19.1. The van der Waals surface area contributed by atoms with E-state index in [-0.39, 0.29) is 6.10 Å². The van der Waals surface area contributed by atoms with E-state index in [0.29, 0.717) is 47.5 Å². The van der Waals surface area contributed by atoms with E-state index in [2.05, 4.69) is 0 Å². The predicted molar refractivity (Wildman–Crippen MR) is 108 cm³/mol. The molecule has 0 aliphatic rings. The topological polar surface area (TPSA) is 106 Å². The lowest BCUT2D eigenvalue weighted by molar-refractivity contribution is 0.0812. The first-order valence-corrected chi connectivity index (χ1v) is 8.57. The Balaban J connectivity index is 1.63. The molecular weight excluding hydrogens is 342 g/mol. The summed E-state index contributed by atoms with van der Waals surface area (Å²) in [6, 6.07) is 21.6. The van der Waals surface area contributed by atoms with E-state index in [4.69, 9.17) is 31.4 Å². The van der Waals surface area contributed by atoms with E-state index in [0.717, 1.165) is 0 Å². The fourth-order valence-corrected chi connectivity index (χ4v) is 2.36. The molecule has 3 aromatic rings. The Kier molecular flexibility index (Phi) is 5.89. The van der Waals surface area contributed by atoms with Gasteiger partial charge in [-0.3, -0.25) is 0 Å². The van der Waals surface area contributed by atoms with Crippen LogP contribution < -0.4 is 31.4 Å². The number of nitrogens with two attached hydrogens (primary N) is 3. The molecule has 0 radical (unpaired) electrons. The van der Waals surface area contributed by atoms with Gasteiger partial charge in [0.2, 0.25) is 0 Å². The highest BCUT2D eigenvalue weighted by Gasteiger charge is 2.14. The summed E-state index contributed by atoms with van der Waals surface area (Å²) in [4.78, 5) is 0. The van der Waals surface area contributed by atoms with Gasteiger partial charge in [0.05, 0.1) is 0 Å². The quantitative estimate of drug-likeness (QED) is 0.529. The average Bonchev–Trinajstić information content (AvgIpc) is 2.68. The van der Waals surface area contributed by atoms with Crippen molar-refractivity contribution in [2.24, 2.45) is 0 Å². The van der Waals surface area contributed by atoms with Crippen molar-refractivity contribution >= 4 is 17.1 Å². The summed E-state index contributed by atoms with van der Waals surface area (Å²) in [5.74, 6) is 2.11. The van der Waals surface area contributed by atoms with Gasteiger partial charge in [-0.25, -0.2) is 0 Å². The van der Waals surface area contributed by atoms with Crippen LogP contribution >= 0.6 is 0 Å². The monoisotopic (exact) mass is 365 g/mol. The molecule has 0 spiro atoms. The molecule has 0 bridgehead atoms. The highest BCUT2D eigenvalue weighted by Crippen LogP contribution is 2.19. The molecular formula is C21H23N3O3. The molecule has 0 aliphatic carbocycles. The third kappa shape index (κ3) is 5.74. The van der Waals surface area contributed by atoms with E-state index >= 15 is 0 Å². The fraction of sp³-hybridized carbons (Fsp3) is 0.143. The summed E-state index contributed by atoms with van der Waals surface area (Å²) >= 11 is 0. The molecule has 27 heavy (non-hydrogen) atoms. The number of nitrogen functional groups attached to an aromatic ring is 3. The van der Waals surface area contributed by atoms with Gasteiger partial charge in [0, 0.05) is 17.1 Å². The fourth-order valence-electron chi connectivity index (χ4n) is 2.36. The molecule has 0 aliphatic heterocycles. The molecule has 3 aromatic carbocycles. The summed E-state index contributed by atoms with van der Waals surface area (Å²) < 4.78 is 17.6. The Morgan fingerprint density at radius 3 is 1.22 bits per heavy atom. The van der Waals surface area contributed by atoms with E-state index in [1.807, 2.05) is 36.4 Å². The third-order valence-corrected chi connectivity index (χ3v) is 3.81. The maximum Gasteiger partial charge on any atom is 0.166 e. The molecule has 0 fully saturated rings. The van der Waals surface area contributed by atoms with Crippen LogP contribution in [0, 0.1) is 0 Å². The van der Waals surface area contributed by atoms with Crippen molar-refractivity contribution in [3.8, 4) is 17.2 Å². The minimum Gasteiger partial charge on any atom is -0.490 e. The summed E-state index contributed by atoms with van der Waals surface area (Å²) in [5, 5.41) is 0. The molecule has 3 rings (SSSR count). The smallest absolute Gasteiger partial charge is 0.166 e. The van der Waals surface area contributed by atoms with E-state index in [1.165, 1.54) is 0 Å². The van der Waals surface area contributed by atoms with Crippen molar-refractivity contribution in [2.75, 3.05) is 30.4 Å². The van der Waals surface area contributed by atoms with Gasteiger partial charge in [0.15, 0.2) is 6.10 Å². The van der Waals surface area contributed by atoms with Gasteiger partial charge < -0.3 is 31.4 Å². The summed E-state index contributed by atoms with van der Waals surface area (Å²) in [5.41, 5.74) is 19.2. The first kappa shape index (κ1) is 18.3. The second kappa shape index (κ2) is 8.71. The predicted octanol–water partition coefficient (Wildman–Crippen LogP) is 3.34. The number of ether oxygens (including phenoxy) is 3. The van der Waals surface area contributed by atoms with Crippen LogP contribution in [-0.4, -0.2) is 19.3 Å². The molecule has 0 saturated carbocycles. The van der Waals surface area contributed by atoms with Gasteiger partial charge in [-0.15, -0.1) is 0 Å². The lowest BCUT2D eigenvalue weighted by Gasteiger charge is -2.20. The van der Waals surface area contributed by atoms with Crippen LogP contribution in [0.5, 0.6) is 17.2 Å². The van der Waals surface area contributed by atoms with Crippen LogP contribution in [0.2, 0.25) is 0 Å². The Hall–Kier alpha value is -3.54.